The summed E-state index contributed by atoms with van der Waals surface area (Å²) < 4.78 is 0.979. The number of para-hydroxylation sites is 1. The average Bonchev–Trinajstić information content (AvgIpc) is 2.69. The lowest BCUT2D eigenvalue weighted by Crippen LogP contribution is -2.32. The monoisotopic (exact) mass is 477 g/mol. The van der Waals surface area contributed by atoms with Gasteiger partial charge < -0.3 is 10.6 Å². The van der Waals surface area contributed by atoms with E-state index in [0.29, 0.717) is 13.0 Å². The number of benzene rings is 2. The number of halogens is 1. The van der Waals surface area contributed by atoms with Gasteiger partial charge in [-0.25, -0.2) is 0 Å². The standard InChI is InChI=1S/C22H28IN3O/c1-19-8-5-6-12-21(19)25-22(27)13-14-24-15-17-26(18-23)16-7-11-20-9-3-2-4-10-20/h2-12,24H,13-18H2,1H3,(H,25,27)/b11-7+. The summed E-state index contributed by atoms with van der Waals surface area (Å²) in [4.78, 5) is 14.4. The highest BCUT2D eigenvalue weighted by molar-refractivity contribution is 14.1. The molecule has 5 heteroatoms. The number of amides is 1. The van der Waals surface area contributed by atoms with Gasteiger partial charge in [-0.1, -0.05) is 83.3 Å². The highest BCUT2D eigenvalue weighted by Crippen LogP contribution is 2.13. The van der Waals surface area contributed by atoms with E-state index in [1.807, 2.05) is 37.3 Å². The second-order valence-electron chi connectivity index (χ2n) is 6.37. The maximum absolute atomic E-state index is 12.0. The molecule has 2 aromatic rings. The third kappa shape index (κ3) is 8.69. The summed E-state index contributed by atoms with van der Waals surface area (Å²) in [7, 11) is 0. The maximum Gasteiger partial charge on any atom is 0.225 e. The Morgan fingerprint density at radius 3 is 2.56 bits per heavy atom. The molecule has 2 aromatic carbocycles. The molecule has 1 amide bonds. The molecule has 0 aromatic heterocycles. The molecule has 0 atom stereocenters. The normalized spacial score (nSPS) is 11.2. The Morgan fingerprint density at radius 1 is 1.07 bits per heavy atom. The van der Waals surface area contributed by atoms with Gasteiger partial charge in [0.05, 0.1) is 4.55 Å². The fourth-order valence-electron chi connectivity index (χ4n) is 2.59. The van der Waals surface area contributed by atoms with Crippen molar-refractivity contribution < 1.29 is 4.79 Å². The van der Waals surface area contributed by atoms with Crippen molar-refractivity contribution in [3.05, 3.63) is 71.8 Å². The molecule has 0 unspecified atom stereocenters. The number of carbonyl (C=O) groups is 1. The predicted octanol–water partition coefficient (Wildman–Crippen LogP) is 4.32. The van der Waals surface area contributed by atoms with Crippen LogP contribution in [-0.2, 0) is 4.79 Å². The molecule has 0 radical (unpaired) electrons. The van der Waals surface area contributed by atoms with Gasteiger partial charge in [0.15, 0.2) is 0 Å². The van der Waals surface area contributed by atoms with E-state index in [0.717, 1.165) is 35.4 Å². The Hall–Kier alpha value is -1.70. The summed E-state index contributed by atoms with van der Waals surface area (Å²) in [6, 6.07) is 18.2. The summed E-state index contributed by atoms with van der Waals surface area (Å²) >= 11 is 2.39. The minimum atomic E-state index is 0.0494. The van der Waals surface area contributed by atoms with Crippen molar-refractivity contribution in [2.45, 2.75) is 13.3 Å². The second-order valence-corrected chi connectivity index (χ2v) is 7.05. The Bertz CT molecular complexity index is 719. The summed E-state index contributed by atoms with van der Waals surface area (Å²) in [6.07, 6.45) is 4.83. The van der Waals surface area contributed by atoms with E-state index in [9.17, 15) is 4.79 Å². The average molecular weight is 477 g/mol. The van der Waals surface area contributed by atoms with E-state index in [4.69, 9.17) is 0 Å². The smallest absolute Gasteiger partial charge is 0.225 e. The minimum absolute atomic E-state index is 0.0494. The Balaban J connectivity index is 1.60. The van der Waals surface area contributed by atoms with Crippen LogP contribution < -0.4 is 10.6 Å². The first kappa shape index (κ1) is 21.6. The number of hydrogen-bond acceptors (Lipinski definition) is 3. The lowest BCUT2D eigenvalue weighted by Gasteiger charge is -2.17. The summed E-state index contributed by atoms with van der Waals surface area (Å²) in [5, 5.41) is 6.32. The predicted molar refractivity (Wildman–Crippen MR) is 123 cm³/mol. The number of rotatable bonds is 11. The van der Waals surface area contributed by atoms with E-state index in [2.05, 4.69) is 74.5 Å². The van der Waals surface area contributed by atoms with Gasteiger partial charge in [-0.05, 0) is 24.1 Å². The zero-order chi connectivity index (χ0) is 19.3. The highest BCUT2D eigenvalue weighted by atomic mass is 127. The van der Waals surface area contributed by atoms with E-state index in [-0.39, 0.29) is 5.91 Å². The molecule has 2 rings (SSSR count). The van der Waals surface area contributed by atoms with Gasteiger partial charge in [0, 0.05) is 38.3 Å². The molecule has 2 N–H and O–H groups in total. The first-order valence-corrected chi connectivity index (χ1v) is 10.8. The second kappa shape index (κ2) is 12.6. The zero-order valence-electron chi connectivity index (χ0n) is 15.8. The van der Waals surface area contributed by atoms with Crippen LogP contribution in [-0.4, -0.2) is 41.5 Å². The maximum atomic E-state index is 12.0. The summed E-state index contributed by atoms with van der Waals surface area (Å²) in [5.41, 5.74) is 3.20. The van der Waals surface area contributed by atoms with Gasteiger partial charge >= 0.3 is 0 Å². The number of carbonyl (C=O) groups excluding carboxylic acids is 1. The fraction of sp³-hybridized carbons (Fsp3) is 0.318. The van der Waals surface area contributed by atoms with Gasteiger partial charge in [0.2, 0.25) is 5.91 Å². The van der Waals surface area contributed by atoms with Gasteiger partial charge in [0.25, 0.3) is 0 Å². The van der Waals surface area contributed by atoms with Crippen LogP contribution in [0.4, 0.5) is 5.69 Å². The van der Waals surface area contributed by atoms with Crippen molar-refractivity contribution in [1.29, 1.82) is 0 Å². The van der Waals surface area contributed by atoms with Crippen LogP contribution in [0, 0.1) is 6.92 Å². The number of nitrogens with zero attached hydrogens (tertiary/aromatic N) is 1. The third-order valence-electron chi connectivity index (χ3n) is 4.20. The van der Waals surface area contributed by atoms with Crippen LogP contribution in [0.15, 0.2) is 60.7 Å². The molecule has 0 aliphatic heterocycles. The molecule has 0 saturated carbocycles. The molecule has 0 saturated heterocycles. The molecule has 0 aliphatic carbocycles. The van der Waals surface area contributed by atoms with Crippen LogP contribution in [0.3, 0.4) is 0 Å². The van der Waals surface area contributed by atoms with E-state index >= 15 is 0 Å². The van der Waals surface area contributed by atoms with Gasteiger partial charge in [-0.2, -0.15) is 0 Å². The molecule has 0 bridgehead atoms. The SMILES string of the molecule is Cc1ccccc1NC(=O)CCNCCN(CI)C/C=C/c1ccccc1. The summed E-state index contributed by atoms with van der Waals surface area (Å²) in [6.45, 7) is 5.44. The lowest BCUT2D eigenvalue weighted by atomic mass is 10.2. The molecule has 0 fully saturated rings. The largest absolute Gasteiger partial charge is 0.326 e. The molecular formula is C22H28IN3O. The molecular weight excluding hydrogens is 449 g/mol. The first-order chi connectivity index (χ1) is 13.2. The quantitative estimate of drug-likeness (QED) is 0.219. The molecule has 4 nitrogen and oxygen atoms in total. The Kier molecular flexibility index (Phi) is 10.1. The molecule has 0 spiro atoms. The Morgan fingerprint density at radius 2 is 1.81 bits per heavy atom. The van der Waals surface area contributed by atoms with E-state index in [1.165, 1.54) is 5.56 Å². The van der Waals surface area contributed by atoms with Crippen molar-refractivity contribution in [3.63, 3.8) is 0 Å². The van der Waals surface area contributed by atoms with Crippen LogP contribution >= 0.6 is 22.6 Å². The van der Waals surface area contributed by atoms with Gasteiger partial charge in [-0.3, -0.25) is 9.69 Å². The minimum Gasteiger partial charge on any atom is -0.326 e. The third-order valence-corrected chi connectivity index (χ3v) is 5.16. The first-order valence-electron chi connectivity index (χ1n) is 9.25. The fourth-order valence-corrected chi connectivity index (χ4v) is 3.21. The van der Waals surface area contributed by atoms with Crippen molar-refractivity contribution in [2.75, 3.05) is 36.0 Å². The number of hydrogen-bond donors (Lipinski definition) is 2. The van der Waals surface area contributed by atoms with Gasteiger partial charge in [0.1, 0.15) is 0 Å². The number of aryl methyl sites for hydroxylation is 1. The van der Waals surface area contributed by atoms with Crippen LogP contribution in [0.2, 0.25) is 0 Å². The number of alkyl halides is 1. The lowest BCUT2D eigenvalue weighted by molar-refractivity contribution is -0.116. The van der Waals surface area contributed by atoms with Crippen LogP contribution in [0.25, 0.3) is 6.08 Å². The molecule has 144 valence electrons. The number of nitrogens with one attached hydrogen (secondary N) is 2. The van der Waals surface area contributed by atoms with Crippen molar-refractivity contribution in [3.8, 4) is 0 Å². The topological polar surface area (TPSA) is 44.4 Å². The van der Waals surface area contributed by atoms with Crippen LogP contribution in [0.1, 0.15) is 17.5 Å². The van der Waals surface area contributed by atoms with Crippen LogP contribution in [0.5, 0.6) is 0 Å². The van der Waals surface area contributed by atoms with Crippen molar-refractivity contribution >= 4 is 40.3 Å². The van der Waals surface area contributed by atoms with E-state index < -0.39 is 0 Å². The molecule has 0 aliphatic rings. The van der Waals surface area contributed by atoms with E-state index in [1.54, 1.807) is 0 Å². The van der Waals surface area contributed by atoms with Crippen molar-refractivity contribution in [2.24, 2.45) is 0 Å². The highest BCUT2D eigenvalue weighted by Gasteiger charge is 2.04. The summed E-state index contributed by atoms with van der Waals surface area (Å²) in [5.74, 6) is 0.0494. The number of anilines is 1. The zero-order valence-corrected chi connectivity index (χ0v) is 18.0. The molecule has 0 heterocycles. The molecule has 27 heavy (non-hydrogen) atoms. The Labute approximate surface area is 176 Å². The van der Waals surface area contributed by atoms with Gasteiger partial charge in [-0.15, -0.1) is 0 Å². The van der Waals surface area contributed by atoms with Crippen molar-refractivity contribution in [1.82, 2.24) is 10.2 Å².